The molecule has 0 spiro atoms. The van der Waals surface area contributed by atoms with E-state index in [1.54, 1.807) is 13.2 Å². The van der Waals surface area contributed by atoms with Gasteiger partial charge >= 0.3 is 0 Å². The Morgan fingerprint density at radius 3 is 2.62 bits per heavy atom. The summed E-state index contributed by atoms with van der Waals surface area (Å²) in [4.78, 5) is 23.4. The van der Waals surface area contributed by atoms with Gasteiger partial charge in [0.1, 0.15) is 17.8 Å². The average Bonchev–Trinajstić information content (AvgIpc) is 2.60. The van der Waals surface area contributed by atoms with E-state index in [0.717, 1.165) is 11.3 Å². The SMILES string of the molecule is COc1cccc(CCC(=O)C(CC=O)c2ccc(O)c(O)c2)c1. The lowest BCUT2D eigenvalue weighted by molar-refractivity contribution is -0.122. The molecule has 0 aliphatic rings. The molecule has 0 bridgehead atoms. The first-order chi connectivity index (χ1) is 11.5. The van der Waals surface area contributed by atoms with Crippen LogP contribution in [-0.2, 0) is 16.0 Å². The lowest BCUT2D eigenvalue weighted by Gasteiger charge is -2.14. The van der Waals surface area contributed by atoms with E-state index in [-0.39, 0.29) is 30.1 Å². The third kappa shape index (κ3) is 4.35. The first-order valence-electron chi connectivity index (χ1n) is 7.66. The van der Waals surface area contributed by atoms with Crippen molar-refractivity contribution in [3.63, 3.8) is 0 Å². The summed E-state index contributed by atoms with van der Waals surface area (Å²) in [6.07, 6.45) is 1.54. The Kier molecular flexibility index (Phi) is 5.95. The van der Waals surface area contributed by atoms with Crippen LogP contribution in [0.4, 0.5) is 0 Å². The van der Waals surface area contributed by atoms with Gasteiger partial charge in [0.05, 0.1) is 7.11 Å². The topological polar surface area (TPSA) is 83.8 Å². The molecule has 24 heavy (non-hydrogen) atoms. The number of aldehydes is 1. The molecule has 126 valence electrons. The highest BCUT2D eigenvalue weighted by molar-refractivity contribution is 5.88. The minimum absolute atomic E-state index is 0.0428. The highest BCUT2D eigenvalue weighted by Crippen LogP contribution is 2.31. The van der Waals surface area contributed by atoms with E-state index in [4.69, 9.17) is 4.74 Å². The highest BCUT2D eigenvalue weighted by Gasteiger charge is 2.21. The van der Waals surface area contributed by atoms with Gasteiger partial charge in [-0.05, 0) is 41.8 Å². The molecule has 0 amide bonds. The maximum Gasteiger partial charge on any atom is 0.157 e. The van der Waals surface area contributed by atoms with Crippen LogP contribution in [-0.4, -0.2) is 29.4 Å². The second-order valence-electron chi connectivity index (χ2n) is 5.52. The van der Waals surface area contributed by atoms with Crippen LogP contribution >= 0.6 is 0 Å². The zero-order valence-corrected chi connectivity index (χ0v) is 13.4. The Labute approximate surface area is 140 Å². The molecule has 1 unspecified atom stereocenters. The van der Waals surface area contributed by atoms with Crippen molar-refractivity contribution in [2.24, 2.45) is 0 Å². The van der Waals surface area contributed by atoms with Crippen molar-refractivity contribution >= 4 is 12.1 Å². The Hall–Kier alpha value is -2.82. The van der Waals surface area contributed by atoms with E-state index in [9.17, 15) is 19.8 Å². The molecule has 0 aliphatic carbocycles. The van der Waals surface area contributed by atoms with Gasteiger partial charge in [-0.25, -0.2) is 0 Å². The fourth-order valence-electron chi connectivity index (χ4n) is 2.58. The summed E-state index contributed by atoms with van der Waals surface area (Å²) in [7, 11) is 1.58. The molecule has 2 aromatic carbocycles. The summed E-state index contributed by atoms with van der Waals surface area (Å²) in [5, 5.41) is 19.0. The monoisotopic (exact) mass is 328 g/mol. The smallest absolute Gasteiger partial charge is 0.157 e. The number of phenols is 2. The second-order valence-corrected chi connectivity index (χ2v) is 5.52. The Morgan fingerprint density at radius 2 is 1.96 bits per heavy atom. The van der Waals surface area contributed by atoms with Crippen LogP contribution in [0, 0.1) is 0 Å². The van der Waals surface area contributed by atoms with E-state index < -0.39 is 5.92 Å². The molecule has 0 aliphatic heterocycles. The molecule has 0 heterocycles. The predicted octanol–water partition coefficient (Wildman–Crippen LogP) is 2.98. The molecule has 0 fully saturated rings. The number of ketones is 1. The van der Waals surface area contributed by atoms with Crippen molar-refractivity contribution in [2.75, 3.05) is 7.11 Å². The van der Waals surface area contributed by atoms with Crippen molar-refractivity contribution in [1.82, 2.24) is 0 Å². The van der Waals surface area contributed by atoms with Crippen molar-refractivity contribution in [3.05, 3.63) is 53.6 Å². The molecule has 0 saturated heterocycles. The van der Waals surface area contributed by atoms with Gasteiger partial charge in [0, 0.05) is 18.8 Å². The van der Waals surface area contributed by atoms with Gasteiger partial charge in [-0.1, -0.05) is 18.2 Å². The largest absolute Gasteiger partial charge is 0.504 e. The van der Waals surface area contributed by atoms with Gasteiger partial charge in [0.25, 0.3) is 0 Å². The molecule has 0 saturated carbocycles. The molecular weight excluding hydrogens is 308 g/mol. The first-order valence-corrected chi connectivity index (χ1v) is 7.66. The molecule has 0 aromatic heterocycles. The lowest BCUT2D eigenvalue weighted by atomic mass is 9.89. The predicted molar refractivity (Wildman–Crippen MR) is 89.5 cm³/mol. The van der Waals surface area contributed by atoms with E-state index in [1.165, 1.54) is 12.1 Å². The number of benzene rings is 2. The molecule has 2 N–H and O–H groups in total. The van der Waals surface area contributed by atoms with Crippen LogP contribution in [0.5, 0.6) is 17.2 Å². The Balaban J connectivity index is 2.10. The number of rotatable bonds is 8. The Bertz CT molecular complexity index is 723. The van der Waals surface area contributed by atoms with Crippen molar-refractivity contribution in [3.8, 4) is 17.2 Å². The summed E-state index contributed by atoms with van der Waals surface area (Å²) in [6, 6.07) is 11.7. The van der Waals surface area contributed by atoms with E-state index in [0.29, 0.717) is 18.3 Å². The van der Waals surface area contributed by atoms with Gasteiger partial charge < -0.3 is 19.7 Å². The molecule has 5 heteroatoms. The van der Waals surface area contributed by atoms with E-state index >= 15 is 0 Å². The number of ether oxygens (including phenoxy) is 1. The number of methoxy groups -OCH3 is 1. The fraction of sp³-hybridized carbons (Fsp3) is 0.263. The van der Waals surface area contributed by atoms with Gasteiger partial charge in [-0.3, -0.25) is 4.79 Å². The van der Waals surface area contributed by atoms with E-state index in [1.807, 2.05) is 24.3 Å². The van der Waals surface area contributed by atoms with Crippen LogP contribution in [0.3, 0.4) is 0 Å². The third-order valence-electron chi connectivity index (χ3n) is 3.92. The van der Waals surface area contributed by atoms with Gasteiger partial charge in [-0.2, -0.15) is 0 Å². The van der Waals surface area contributed by atoms with Crippen LogP contribution in [0.25, 0.3) is 0 Å². The summed E-state index contributed by atoms with van der Waals surface area (Å²) >= 11 is 0. The maximum absolute atomic E-state index is 12.5. The minimum Gasteiger partial charge on any atom is -0.504 e. The number of hydrogen-bond acceptors (Lipinski definition) is 5. The molecule has 2 rings (SSSR count). The normalized spacial score (nSPS) is 11.7. The van der Waals surface area contributed by atoms with Crippen molar-refractivity contribution in [1.29, 1.82) is 0 Å². The molecule has 0 radical (unpaired) electrons. The van der Waals surface area contributed by atoms with Crippen LogP contribution in [0.1, 0.15) is 29.9 Å². The van der Waals surface area contributed by atoms with Crippen molar-refractivity contribution in [2.45, 2.75) is 25.2 Å². The van der Waals surface area contributed by atoms with Crippen molar-refractivity contribution < 1.29 is 24.5 Å². The zero-order chi connectivity index (χ0) is 17.5. The third-order valence-corrected chi connectivity index (χ3v) is 3.92. The standard InChI is InChI=1S/C19H20O5/c1-24-15-4-2-3-13(11-15)5-7-17(21)16(9-10-20)14-6-8-18(22)19(23)12-14/h2-4,6,8,10-12,16,22-23H,5,7,9H2,1H3. The number of carbonyl (C=O) groups excluding carboxylic acids is 2. The molecule has 5 nitrogen and oxygen atoms in total. The maximum atomic E-state index is 12.5. The van der Waals surface area contributed by atoms with Crippen LogP contribution < -0.4 is 4.74 Å². The zero-order valence-electron chi connectivity index (χ0n) is 13.4. The first kappa shape index (κ1) is 17.5. The molecule has 2 aromatic rings. The fourth-order valence-corrected chi connectivity index (χ4v) is 2.58. The quantitative estimate of drug-likeness (QED) is 0.575. The van der Waals surface area contributed by atoms with E-state index in [2.05, 4.69) is 0 Å². The lowest BCUT2D eigenvalue weighted by Crippen LogP contribution is -2.14. The number of Topliss-reactive ketones (excluding diaryl/α,β-unsaturated/α-hetero) is 1. The van der Waals surface area contributed by atoms with Crippen LogP contribution in [0.2, 0.25) is 0 Å². The number of phenolic OH excluding ortho intramolecular Hbond substituents is 2. The number of aryl methyl sites for hydroxylation is 1. The summed E-state index contributed by atoms with van der Waals surface area (Å²) in [5.41, 5.74) is 1.49. The van der Waals surface area contributed by atoms with Gasteiger partial charge in [0.15, 0.2) is 11.5 Å². The highest BCUT2D eigenvalue weighted by atomic mass is 16.5. The molecular formula is C19H20O5. The van der Waals surface area contributed by atoms with Gasteiger partial charge in [-0.15, -0.1) is 0 Å². The second kappa shape index (κ2) is 8.15. The molecule has 1 atom stereocenters. The minimum atomic E-state index is -0.625. The summed E-state index contributed by atoms with van der Waals surface area (Å²) in [6.45, 7) is 0. The Morgan fingerprint density at radius 1 is 1.17 bits per heavy atom. The average molecular weight is 328 g/mol. The number of hydrogen-bond donors (Lipinski definition) is 2. The summed E-state index contributed by atoms with van der Waals surface area (Å²) in [5.74, 6) is -0.543. The van der Waals surface area contributed by atoms with Gasteiger partial charge in [0.2, 0.25) is 0 Å². The number of aromatic hydroxyl groups is 2. The number of carbonyl (C=O) groups is 2. The van der Waals surface area contributed by atoms with Crippen LogP contribution in [0.15, 0.2) is 42.5 Å². The summed E-state index contributed by atoms with van der Waals surface area (Å²) < 4.78 is 5.16.